The van der Waals surface area contributed by atoms with Crippen LogP contribution in [-0.2, 0) is 0 Å². The molecule has 0 unspecified atom stereocenters. The van der Waals surface area contributed by atoms with Crippen LogP contribution >= 0.6 is 0 Å². The van der Waals surface area contributed by atoms with E-state index in [0.29, 0.717) is 5.56 Å². The Bertz CT molecular complexity index is 709. The van der Waals surface area contributed by atoms with E-state index in [1.807, 2.05) is 48.5 Å². The van der Waals surface area contributed by atoms with Crippen LogP contribution < -0.4 is 5.32 Å². The molecule has 1 amide bonds. The van der Waals surface area contributed by atoms with Crippen molar-refractivity contribution in [3.05, 3.63) is 66.4 Å². The largest absolute Gasteiger partial charge is 0.302 e. The lowest BCUT2D eigenvalue weighted by molar-refractivity contribution is 0.102. The Morgan fingerprint density at radius 2 is 1.75 bits per heavy atom. The van der Waals surface area contributed by atoms with Crippen molar-refractivity contribution in [2.75, 3.05) is 5.32 Å². The average molecular weight is 265 g/mol. The van der Waals surface area contributed by atoms with Crippen molar-refractivity contribution in [3.8, 4) is 11.1 Å². The van der Waals surface area contributed by atoms with E-state index in [0.717, 1.165) is 11.1 Å². The number of amides is 1. The summed E-state index contributed by atoms with van der Waals surface area (Å²) in [5.41, 5.74) is 2.42. The molecule has 0 aliphatic heterocycles. The highest BCUT2D eigenvalue weighted by molar-refractivity contribution is 6.08. The van der Waals surface area contributed by atoms with E-state index in [1.165, 1.54) is 6.20 Å². The summed E-state index contributed by atoms with van der Waals surface area (Å²) in [4.78, 5) is 12.3. The molecule has 0 aliphatic carbocycles. The van der Waals surface area contributed by atoms with Crippen molar-refractivity contribution in [3.63, 3.8) is 0 Å². The molecule has 0 fully saturated rings. The number of hydrogen-bond donors (Lipinski definition) is 1. The Morgan fingerprint density at radius 1 is 1.00 bits per heavy atom. The number of carbonyl (C=O) groups excluding carboxylic acids is 1. The fourth-order valence-electron chi connectivity index (χ4n) is 1.95. The minimum atomic E-state index is -0.250. The molecule has 5 nitrogen and oxygen atoms in total. The molecule has 2 aromatic carbocycles. The van der Waals surface area contributed by atoms with Crippen LogP contribution in [0.2, 0.25) is 0 Å². The molecule has 0 spiro atoms. The van der Waals surface area contributed by atoms with Gasteiger partial charge in [0.15, 0.2) is 5.82 Å². The third-order valence-corrected chi connectivity index (χ3v) is 2.86. The van der Waals surface area contributed by atoms with Crippen LogP contribution in [0.3, 0.4) is 0 Å². The summed E-state index contributed by atoms with van der Waals surface area (Å²) in [6.45, 7) is 0. The third-order valence-electron chi connectivity index (χ3n) is 2.86. The second-order valence-electron chi connectivity index (χ2n) is 4.16. The molecule has 5 heteroatoms. The first-order valence-corrected chi connectivity index (χ1v) is 6.08. The van der Waals surface area contributed by atoms with Crippen molar-refractivity contribution in [1.82, 2.24) is 10.3 Å². The molecule has 20 heavy (non-hydrogen) atoms. The van der Waals surface area contributed by atoms with Crippen LogP contribution in [0.5, 0.6) is 0 Å². The van der Waals surface area contributed by atoms with Gasteiger partial charge in [-0.2, -0.15) is 0 Å². The molecule has 0 radical (unpaired) electrons. The van der Waals surface area contributed by atoms with Crippen LogP contribution in [0.1, 0.15) is 10.4 Å². The average Bonchev–Trinajstić information content (AvgIpc) is 3.01. The Kier molecular flexibility index (Phi) is 3.24. The van der Waals surface area contributed by atoms with Crippen LogP contribution in [0.15, 0.2) is 65.4 Å². The molecule has 3 rings (SSSR count). The van der Waals surface area contributed by atoms with Gasteiger partial charge in [0.25, 0.3) is 5.91 Å². The summed E-state index contributed by atoms with van der Waals surface area (Å²) in [7, 11) is 0. The number of benzene rings is 2. The minimum absolute atomic E-state index is 0.250. The topological polar surface area (TPSA) is 68.0 Å². The van der Waals surface area contributed by atoms with Gasteiger partial charge >= 0.3 is 0 Å². The lowest BCUT2D eigenvalue weighted by atomic mass is 9.99. The van der Waals surface area contributed by atoms with Crippen LogP contribution in [0.25, 0.3) is 11.1 Å². The van der Waals surface area contributed by atoms with Gasteiger partial charge in [-0.25, -0.2) is 4.63 Å². The van der Waals surface area contributed by atoms with Gasteiger partial charge in [-0.1, -0.05) is 53.7 Å². The van der Waals surface area contributed by atoms with Gasteiger partial charge < -0.3 is 5.32 Å². The highest BCUT2D eigenvalue weighted by Gasteiger charge is 2.13. The van der Waals surface area contributed by atoms with Crippen molar-refractivity contribution in [2.45, 2.75) is 0 Å². The van der Waals surface area contributed by atoms with E-state index in [9.17, 15) is 4.79 Å². The molecule has 1 heterocycles. The van der Waals surface area contributed by atoms with Crippen LogP contribution in [0.4, 0.5) is 5.82 Å². The molecule has 1 N–H and O–H groups in total. The maximum Gasteiger partial charge on any atom is 0.257 e. The summed E-state index contributed by atoms with van der Waals surface area (Å²) in [6, 6.07) is 17.1. The Balaban J connectivity index is 1.96. The molecule has 0 bridgehead atoms. The number of anilines is 1. The number of carbonyl (C=O) groups is 1. The SMILES string of the molecule is O=C(Nc1cnon1)c1ccccc1-c1ccccc1. The van der Waals surface area contributed by atoms with Crippen molar-refractivity contribution < 1.29 is 9.42 Å². The van der Waals surface area contributed by atoms with Gasteiger partial charge in [0.05, 0.1) is 0 Å². The van der Waals surface area contributed by atoms with E-state index in [4.69, 9.17) is 0 Å². The van der Waals surface area contributed by atoms with Crippen molar-refractivity contribution >= 4 is 11.7 Å². The van der Waals surface area contributed by atoms with E-state index in [2.05, 4.69) is 20.3 Å². The summed E-state index contributed by atoms with van der Waals surface area (Å²) in [6.07, 6.45) is 1.35. The fourth-order valence-corrected chi connectivity index (χ4v) is 1.95. The van der Waals surface area contributed by atoms with Crippen molar-refractivity contribution in [1.29, 1.82) is 0 Å². The van der Waals surface area contributed by atoms with Gasteiger partial charge in [-0.15, -0.1) is 0 Å². The van der Waals surface area contributed by atoms with E-state index < -0.39 is 0 Å². The molecule has 1 aromatic heterocycles. The monoisotopic (exact) mass is 265 g/mol. The van der Waals surface area contributed by atoms with E-state index in [-0.39, 0.29) is 11.7 Å². The van der Waals surface area contributed by atoms with Gasteiger partial charge in [0, 0.05) is 5.56 Å². The standard InChI is InChI=1S/C15H11N3O2/c19-15(17-14-10-16-20-18-14)13-9-5-4-8-12(13)11-6-2-1-3-7-11/h1-10H,(H,17,18,19). The van der Waals surface area contributed by atoms with Crippen LogP contribution in [-0.4, -0.2) is 16.2 Å². The molecule has 98 valence electrons. The van der Waals surface area contributed by atoms with Gasteiger partial charge in [-0.05, 0) is 22.3 Å². The summed E-state index contributed by atoms with van der Waals surface area (Å²) in [5.74, 6) is 0.0398. The number of rotatable bonds is 3. The quantitative estimate of drug-likeness (QED) is 0.790. The summed E-state index contributed by atoms with van der Waals surface area (Å²) < 4.78 is 4.45. The maximum absolute atomic E-state index is 12.3. The van der Waals surface area contributed by atoms with Gasteiger partial charge in [0.2, 0.25) is 0 Å². The number of nitrogens with one attached hydrogen (secondary N) is 1. The fraction of sp³-hybridized carbons (Fsp3) is 0. The zero-order valence-corrected chi connectivity index (χ0v) is 10.5. The van der Waals surface area contributed by atoms with Crippen LogP contribution in [0, 0.1) is 0 Å². The predicted octanol–water partition coefficient (Wildman–Crippen LogP) is 2.99. The zero-order valence-electron chi connectivity index (χ0n) is 10.5. The van der Waals surface area contributed by atoms with E-state index in [1.54, 1.807) is 6.07 Å². The van der Waals surface area contributed by atoms with Gasteiger partial charge in [0.1, 0.15) is 6.20 Å². The zero-order chi connectivity index (χ0) is 13.8. The lowest BCUT2D eigenvalue weighted by Crippen LogP contribution is -2.13. The first-order chi connectivity index (χ1) is 9.84. The second kappa shape index (κ2) is 5.36. The normalized spacial score (nSPS) is 10.2. The Morgan fingerprint density at radius 3 is 2.50 bits per heavy atom. The number of aromatic nitrogens is 2. The number of hydrogen-bond acceptors (Lipinski definition) is 4. The molecule has 0 aliphatic rings. The first kappa shape index (κ1) is 12.1. The Labute approximate surface area is 115 Å². The molecule has 0 atom stereocenters. The van der Waals surface area contributed by atoms with Crippen molar-refractivity contribution in [2.24, 2.45) is 0 Å². The summed E-state index contributed by atoms with van der Waals surface area (Å²) >= 11 is 0. The Hall–Kier alpha value is -2.95. The second-order valence-corrected chi connectivity index (χ2v) is 4.16. The van der Waals surface area contributed by atoms with Gasteiger partial charge in [-0.3, -0.25) is 4.79 Å². The molecule has 0 saturated heterocycles. The first-order valence-electron chi connectivity index (χ1n) is 6.08. The highest BCUT2D eigenvalue weighted by Crippen LogP contribution is 2.23. The third kappa shape index (κ3) is 2.42. The number of nitrogens with zero attached hydrogens (tertiary/aromatic N) is 2. The maximum atomic E-state index is 12.3. The summed E-state index contributed by atoms with van der Waals surface area (Å²) in [5, 5.41) is 9.66. The molecule has 0 saturated carbocycles. The lowest BCUT2D eigenvalue weighted by Gasteiger charge is -2.08. The smallest absolute Gasteiger partial charge is 0.257 e. The molecular weight excluding hydrogens is 254 g/mol. The minimum Gasteiger partial charge on any atom is -0.302 e. The highest BCUT2D eigenvalue weighted by atomic mass is 16.6. The predicted molar refractivity (Wildman–Crippen MR) is 74.1 cm³/mol. The molecular formula is C15H11N3O2. The molecule has 3 aromatic rings. The van der Waals surface area contributed by atoms with E-state index >= 15 is 0 Å².